The second kappa shape index (κ2) is 9.77. The van der Waals surface area contributed by atoms with Crippen LogP contribution in [0.5, 0.6) is 0 Å². The Balaban J connectivity index is 2.27. The molecular formula is C20H18F6N2O7S2. The van der Waals surface area contributed by atoms with Crippen LogP contribution in [0.15, 0.2) is 48.2 Å². The fourth-order valence-corrected chi connectivity index (χ4v) is 4.81. The predicted molar refractivity (Wildman–Crippen MR) is 116 cm³/mol. The molecule has 2 unspecified atom stereocenters. The van der Waals surface area contributed by atoms with Crippen molar-refractivity contribution in [1.82, 2.24) is 4.57 Å². The lowest BCUT2D eigenvalue weighted by Crippen LogP contribution is -2.42. The minimum absolute atomic E-state index is 0.0206. The zero-order valence-electron chi connectivity index (χ0n) is 18.8. The van der Waals surface area contributed by atoms with E-state index in [4.69, 9.17) is 0 Å². The molecule has 0 radical (unpaired) electrons. The zero-order valence-corrected chi connectivity index (χ0v) is 20.5. The third kappa shape index (κ3) is 5.53. The summed E-state index contributed by atoms with van der Waals surface area (Å²) >= 11 is 0. The van der Waals surface area contributed by atoms with Crippen LogP contribution in [0.1, 0.15) is 27.8 Å². The number of fused-ring (bicyclic) bond motifs is 1. The van der Waals surface area contributed by atoms with Gasteiger partial charge in [-0.05, 0) is 30.2 Å². The van der Waals surface area contributed by atoms with Crippen molar-refractivity contribution in [2.24, 2.45) is 7.05 Å². The molecule has 1 aromatic heterocycles. The van der Waals surface area contributed by atoms with Gasteiger partial charge in [0.25, 0.3) is 0 Å². The second-order valence-corrected chi connectivity index (χ2v) is 10.8. The van der Waals surface area contributed by atoms with E-state index in [9.17, 15) is 48.0 Å². The van der Waals surface area contributed by atoms with E-state index in [1.54, 1.807) is 12.1 Å². The number of aromatic nitrogens is 1. The summed E-state index contributed by atoms with van der Waals surface area (Å²) in [6.45, 7) is 0. The van der Waals surface area contributed by atoms with Crippen LogP contribution in [-0.2, 0) is 42.1 Å². The fourth-order valence-electron chi connectivity index (χ4n) is 3.65. The summed E-state index contributed by atoms with van der Waals surface area (Å²) in [6.07, 6.45) is -3.87. The van der Waals surface area contributed by atoms with E-state index in [1.807, 2.05) is 0 Å². The Hall–Kier alpha value is -2.89. The molecule has 17 heteroatoms. The smallest absolute Gasteiger partial charge is 0.346 e. The van der Waals surface area contributed by atoms with Crippen LogP contribution in [0.4, 0.5) is 32.0 Å². The van der Waals surface area contributed by atoms with Gasteiger partial charge in [0.05, 0.1) is 11.4 Å². The maximum absolute atomic E-state index is 13.3. The summed E-state index contributed by atoms with van der Waals surface area (Å²) in [7, 11) is -10.7. The summed E-state index contributed by atoms with van der Waals surface area (Å²) < 4.78 is 137. The number of hydrogen-bond acceptors (Lipinski definition) is 8. The highest BCUT2D eigenvalue weighted by atomic mass is 32.2. The molecule has 9 nitrogen and oxygen atoms in total. The van der Waals surface area contributed by atoms with Crippen LogP contribution in [0.3, 0.4) is 0 Å². The van der Waals surface area contributed by atoms with Crippen molar-refractivity contribution < 1.29 is 56.3 Å². The highest BCUT2D eigenvalue weighted by Gasteiger charge is 2.54. The van der Waals surface area contributed by atoms with Gasteiger partial charge in [-0.2, -0.15) is 43.2 Å². The van der Waals surface area contributed by atoms with Gasteiger partial charge in [0, 0.05) is 25.5 Å². The van der Waals surface area contributed by atoms with Gasteiger partial charge in [-0.1, -0.05) is 24.3 Å². The van der Waals surface area contributed by atoms with Gasteiger partial charge < -0.3 is 9.47 Å². The van der Waals surface area contributed by atoms with Crippen molar-refractivity contribution in [3.05, 3.63) is 65.1 Å². The Morgan fingerprint density at radius 2 is 1.41 bits per heavy atom. The average molecular weight is 576 g/mol. The number of benzene rings is 1. The Labute approximate surface area is 207 Å². The van der Waals surface area contributed by atoms with E-state index in [-0.39, 0.29) is 18.4 Å². The van der Waals surface area contributed by atoms with E-state index in [1.165, 1.54) is 25.3 Å². The van der Waals surface area contributed by atoms with Gasteiger partial charge in [-0.25, -0.2) is 0 Å². The molecule has 0 bridgehead atoms. The Bertz CT molecular complexity index is 1430. The normalized spacial score (nSPS) is 16.6. The number of nitrogens with zero attached hydrogens (tertiary/aromatic N) is 2. The molecule has 1 aromatic carbocycles. The molecule has 2 heterocycles. The first-order valence-electron chi connectivity index (χ1n) is 10.0. The zero-order chi connectivity index (χ0) is 28.0. The molecule has 0 aliphatic carbocycles. The third-order valence-electron chi connectivity index (χ3n) is 5.48. The maximum atomic E-state index is 13.3. The first-order chi connectivity index (χ1) is 16.9. The number of likely N-dealkylation sites (N-methyl/N-ethyl adjacent to an activating group) is 1. The highest BCUT2D eigenvalue weighted by Crippen LogP contribution is 2.41. The largest absolute Gasteiger partial charge is 0.523 e. The third-order valence-corrected chi connectivity index (χ3v) is 7.53. The molecule has 204 valence electrons. The minimum atomic E-state index is -6.52. The van der Waals surface area contributed by atoms with Crippen molar-refractivity contribution in [1.29, 1.82) is 0 Å². The number of alkyl halides is 6. The molecular weight excluding hydrogens is 558 g/mol. The van der Waals surface area contributed by atoms with Crippen molar-refractivity contribution in [2.45, 2.75) is 29.6 Å². The molecule has 0 fully saturated rings. The molecule has 1 aliphatic rings. The standard InChI is InChI=1S/C20H18F6N2O7S2/c1-27-13(11-29)8-10-15(27)17(34-36(30,31)19(21,22)23)18(35-37(32,33)20(24,25)26)16-9-7-12-5-3-4-6-14(12)28(16)2/h3-6,8-11,17-18H,7H2,1-2H3. The van der Waals surface area contributed by atoms with Crippen LogP contribution >= 0.6 is 0 Å². The first-order valence-corrected chi connectivity index (χ1v) is 12.8. The van der Waals surface area contributed by atoms with Crippen LogP contribution in [-0.4, -0.2) is 51.9 Å². The van der Waals surface area contributed by atoms with E-state index >= 15 is 0 Å². The van der Waals surface area contributed by atoms with E-state index < -0.39 is 54.9 Å². The number of carbonyl (C=O) groups excluding carboxylic acids is 1. The van der Waals surface area contributed by atoms with Gasteiger partial charge >= 0.3 is 31.3 Å². The van der Waals surface area contributed by atoms with Crippen LogP contribution in [0.2, 0.25) is 0 Å². The molecule has 2 aromatic rings. The fraction of sp³-hybridized carbons (Fsp3) is 0.350. The Morgan fingerprint density at radius 1 is 0.865 bits per heavy atom. The molecule has 0 spiro atoms. The number of carbonyl (C=O) groups is 1. The Morgan fingerprint density at radius 3 is 1.92 bits per heavy atom. The van der Waals surface area contributed by atoms with E-state index in [2.05, 4.69) is 8.37 Å². The van der Waals surface area contributed by atoms with Crippen LogP contribution < -0.4 is 4.90 Å². The molecule has 1 aliphatic heterocycles. The van der Waals surface area contributed by atoms with Gasteiger partial charge in [-0.15, -0.1) is 0 Å². The molecule has 2 atom stereocenters. The lowest BCUT2D eigenvalue weighted by molar-refractivity contribution is -0.0688. The summed E-state index contributed by atoms with van der Waals surface area (Å²) in [5.74, 6) is 0. The number of allylic oxidation sites excluding steroid dienone is 1. The van der Waals surface area contributed by atoms with Gasteiger partial charge in [0.1, 0.15) is 0 Å². The second-order valence-electron chi connectivity index (χ2n) is 7.71. The van der Waals surface area contributed by atoms with Crippen molar-refractivity contribution in [3.8, 4) is 0 Å². The van der Waals surface area contributed by atoms with Gasteiger partial charge in [0.15, 0.2) is 18.5 Å². The molecule has 0 N–H and O–H groups in total. The van der Waals surface area contributed by atoms with E-state index in [0.717, 1.165) is 28.6 Å². The van der Waals surface area contributed by atoms with Crippen LogP contribution in [0.25, 0.3) is 0 Å². The SMILES string of the molecule is CN1C(C(OS(=O)(=O)C(F)(F)F)C(OS(=O)(=O)C(F)(F)F)c2ccc(C=O)n2C)=CCc2ccccc21. The number of rotatable bonds is 8. The number of anilines is 1. The molecule has 0 saturated heterocycles. The van der Waals surface area contributed by atoms with Crippen molar-refractivity contribution in [2.75, 3.05) is 11.9 Å². The topological polar surface area (TPSA) is 112 Å². The van der Waals surface area contributed by atoms with Crippen molar-refractivity contribution in [3.63, 3.8) is 0 Å². The maximum Gasteiger partial charge on any atom is 0.523 e. The first kappa shape index (κ1) is 28.7. The monoisotopic (exact) mass is 576 g/mol. The lowest BCUT2D eigenvalue weighted by atomic mass is 9.98. The molecule has 0 saturated carbocycles. The number of halogens is 6. The summed E-state index contributed by atoms with van der Waals surface area (Å²) in [6, 6.07) is 8.22. The summed E-state index contributed by atoms with van der Waals surface area (Å²) in [4.78, 5) is 12.4. The number of para-hydroxylation sites is 1. The quantitative estimate of drug-likeness (QED) is 0.203. The minimum Gasteiger partial charge on any atom is -0.346 e. The highest BCUT2D eigenvalue weighted by molar-refractivity contribution is 7.88. The summed E-state index contributed by atoms with van der Waals surface area (Å²) in [5.41, 5.74) is -12.4. The van der Waals surface area contributed by atoms with Crippen LogP contribution in [0, 0.1) is 0 Å². The molecule has 0 amide bonds. The van der Waals surface area contributed by atoms with Gasteiger partial charge in [0.2, 0.25) is 0 Å². The summed E-state index contributed by atoms with van der Waals surface area (Å²) in [5, 5.41) is 0. The van der Waals surface area contributed by atoms with E-state index in [0.29, 0.717) is 11.3 Å². The average Bonchev–Trinajstić information content (AvgIpc) is 3.15. The Kier molecular flexibility index (Phi) is 7.57. The number of aldehydes is 1. The molecule has 3 rings (SSSR count). The predicted octanol–water partition coefficient (Wildman–Crippen LogP) is 3.56. The lowest BCUT2D eigenvalue weighted by Gasteiger charge is -2.36. The van der Waals surface area contributed by atoms with Gasteiger partial charge in [-0.3, -0.25) is 13.2 Å². The number of hydrogen-bond donors (Lipinski definition) is 0. The van der Waals surface area contributed by atoms with Crippen molar-refractivity contribution >= 4 is 32.2 Å². The molecule has 37 heavy (non-hydrogen) atoms.